The molecule has 0 aliphatic carbocycles. The number of nitrogens with two attached hydrogens (primary N) is 1. The molecule has 1 saturated heterocycles. The SMILES string of the molecule is CCN1CCCC(Cc2ncc3c(N)cccn23)C1. The predicted molar refractivity (Wildman–Crippen MR) is 78.1 cm³/mol. The Morgan fingerprint density at radius 2 is 2.37 bits per heavy atom. The molecule has 2 aromatic heterocycles. The van der Waals surface area contributed by atoms with Crippen molar-refractivity contribution in [2.24, 2.45) is 5.92 Å². The van der Waals surface area contributed by atoms with Crippen molar-refractivity contribution >= 4 is 11.2 Å². The average molecular weight is 258 g/mol. The maximum atomic E-state index is 5.98. The van der Waals surface area contributed by atoms with Crippen LogP contribution < -0.4 is 5.73 Å². The number of anilines is 1. The Balaban J connectivity index is 1.80. The lowest BCUT2D eigenvalue weighted by Gasteiger charge is -2.31. The predicted octanol–water partition coefficient (Wildman–Crippen LogP) is 2.19. The van der Waals surface area contributed by atoms with Gasteiger partial charge in [0.15, 0.2) is 0 Å². The molecule has 0 radical (unpaired) electrons. The number of pyridine rings is 1. The first-order valence-corrected chi connectivity index (χ1v) is 7.20. The number of rotatable bonds is 3. The summed E-state index contributed by atoms with van der Waals surface area (Å²) >= 11 is 0. The minimum Gasteiger partial charge on any atom is -0.397 e. The van der Waals surface area contributed by atoms with E-state index in [0.717, 1.165) is 35.9 Å². The fraction of sp³-hybridized carbons (Fsp3) is 0.533. The van der Waals surface area contributed by atoms with Crippen LogP contribution in [-0.4, -0.2) is 33.9 Å². The average Bonchev–Trinajstić information content (AvgIpc) is 2.84. The molecule has 2 aromatic rings. The molecule has 0 spiro atoms. The zero-order valence-corrected chi connectivity index (χ0v) is 11.5. The molecule has 1 unspecified atom stereocenters. The minimum absolute atomic E-state index is 0.723. The number of piperidine rings is 1. The number of hydrogen-bond acceptors (Lipinski definition) is 3. The molecule has 1 aliphatic rings. The molecule has 102 valence electrons. The van der Waals surface area contributed by atoms with Gasteiger partial charge in [0.2, 0.25) is 0 Å². The van der Waals surface area contributed by atoms with Crippen LogP contribution in [0.15, 0.2) is 24.5 Å². The smallest absolute Gasteiger partial charge is 0.113 e. The molecule has 3 rings (SSSR count). The second kappa shape index (κ2) is 5.21. The van der Waals surface area contributed by atoms with Crippen molar-refractivity contribution in [3.63, 3.8) is 0 Å². The van der Waals surface area contributed by atoms with Gasteiger partial charge in [0.25, 0.3) is 0 Å². The highest BCUT2D eigenvalue weighted by Crippen LogP contribution is 2.22. The van der Waals surface area contributed by atoms with Gasteiger partial charge in [0.05, 0.1) is 17.4 Å². The highest BCUT2D eigenvalue weighted by Gasteiger charge is 2.20. The van der Waals surface area contributed by atoms with Gasteiger partial charge in [-0.05, 0) is 44.0 Å². The summed E-state index contributed by atoms with van der Waals surface area (Å²) in [5, 5.41) is 0. The summed E-state index contributed by atoms with van der Waals surface area (Å²) in [5.41, 5.74) is 7.81. The number of hydrogen-bond donors (Lipinski definition) is 1. The number of imidazole rings is 1. The van der Waals surface area contributed by atoms with E-state index in [4.69, 9.17) is 5.73 Å². The molecule has 1 fully saturated rings. The fourth-order valence-corrected chi connectivity index (χ4v) is 3.11. The second-order valence-electron chi connectivity index (χ2n) is 5.50. The first-order chi connectivity index (χ1) is 9.28. The Morgan fingerprint density at radius 1 is 1.47 bits per heavy atom. The summed E-state index contributed by atoms with van der Waals surface area (Å²) in [6.45, 7) is 5.86. The van der Waals surface area contributed by atoms with Crippen molar-refractivity contribution < 1.29 is 0 Å². The molecule has 0 amide bonds. The van der Waals surface area contributed by atoms with Crippen molar-refractivity contribution in [2.45, 2.75) is 26.2 Å². The number of aromatic nitrogens is 2. The summed E-state index contributed by atoms with van der Waals surface area (Å²) in [4.78, 5) is 7.11. The van der Waals surface area contributed by atoms with Crippen LogP contribution in [0.3, 0.4) is 0 Å². The molecular formula is C15H22N4. The molecule has 0 saturated carbocycles. The first-order valence-electron chi connectivity index (χ1n) is 7.20. The van der Waals surface area contributed by atoms with Gasteiger partial charge < -0.3 is 15.0 Å². The number of fused-ring (bicyclic) bond motifs is 1. The highest BCUT2D eigenvalue weighted by molar-refractivity contribution is 5.68. The van der Waals surface area contributed by atoms with Gasteiger partial charge in [-0.2, -0.15) is 0 Å². The third-order valence-electron chi connectivity index (χ3n) is 4.20. The van der Waals surface area contributed by atoms with E-state index in [1.165, 1.54) is 25.9 Å². The maximum absolute atomic E-state index is 5.98. The van der Waals surface area contributed by atoms with E-state index in [-0.39, 0.29) is 0 Å². The van der Waals surface area contributed by atoms with Gasteiger partial charge in [-0.25, -0.2) is 4.98 Å². The van der Waals surface area contributed by atoms with Gasteiger partial charge in [0.1, 0.15) is 5.82 Å². The van der Waals surface area contributed by atoms with Crippen LogP contribution in [0.1, 0.15) is 25.6 Å². The summed E-state index contributed by atoms with van der Waals surface area (Å²) in [6.07, 6.45) is 7.63. The van der Waals surface area contributed by atoms with Crippen LogP contribution in [0.4, 0.5) is 5.69 Å². The molecule has 3 heterocycles. The number of likely N-dealkylation sites (tertiary alicyclic amines) is 1. The van der Waals surface area contributed by atoms with E-state index in [1.54, 1.807) is 0 Å². The molecule has 0 bridgehead atoms. The molecule has 4 nitrogen and oxygen atoms in total. The van der Waals surface area contributed by atoms with E-state index in [0.29, 0.717) is 0 Å². The molecule has 1 aliphatic heterocycles. The molecule has 4 heteroatoms. The highest BCUT2D eigenvalue weighted by atomic mass is 15.1. The van der Waals surface area contributed by atoms with Gasteiger partial charge in [-0.15, -0.1) is 0 Å². The van der Waals surface area contributed by atoms with E-state index < -0.39 is 0 Å². The normalized spacial score (nSPS) is 21.0. The van der Waals surface area contributed by atoms with Crippen LogP contribution >= 0.6 is 0 Å². The van der Waals surface area contributed by atoms with E-state index in [1.807, 2.05) is 18.3 Å². The third-order valence-corrected chi connectivity index (χ3v) is 4.20. The Bertz CT molecular complexity index is 560. The summed E-state index contributed by atoms with van der Waals surface area (Å²) in [7, 11) is 0. The first kappa shape index (κ1) is 12.5. The standard InChI is InChI=1S/C15H22N4/c1-2-18-7-3-5-12(11-18)9-15-17-10-14-13(16)6-4-8-19(14)15/h4,6,8,10,12H,2-3,5,7,9,11,16H2,1H3. The van der Waals surface area contributed by atoms with Gasteiger partial charge >= 0.3 is 0 Å². The molecular weight excluding hydrogens is 236 g/mol. The third kappa shape index (κ3) is 2.45. The van der Waals surface area contributed by atoms with Crippen LogP contribution in [0.25, 0.3) is 5.52 Å². The van der Waals surface area contributed by atoms with Crippen LogP contribution in [0.2, 0.25) is 0 Å². The van der Waals surface area contributed by atoms with Crippen molar-refractivity contribution in [1.29, 1.82) is 0 Å². The van der Waals surface area contributed by atoms with E-state index in [2.05, 4.69) is 27.4 Å². The van der Waals surface area contributed by atoms with E-state index >= 15 is 0 Å². The summed E-state index contributed by atoms with van der Waals surface area (Å²) in [5.74, 6) is 1.87. The van der Waals surface area contributed by atoms with Gasteiger partial charge in [-0.1, -0.05) is 6.92 Å². The fourth-order valence-electron chi connectivity index (χ4n) is 3.11. The van der Waals surface area contributed by atoms with Crippen LogP contribution in [-0.2, 0) is 6.42 Å². The topological polar surface area (TPSA) is 46.6 Å². The molecule has 0 aromatic carbocycles. The molecule has 2 N–H and O–H groups in total. The monoisotopic (exact) mass is 258 g/mol. The largest absolute Gasteiger partial charge is 0.397 e. The van der Waals surface area contributed by atoms with Gasteiger partial charge in [0, 0.05) is 19.2 Å². The number of nitrogen functional groups attached to an aromatic ring is 1. The lowest BCUT2D eigenvalue weighted by atomic mass is 9.94. The Hall–Kier alpha value is -1.55. The summed E-state index contributed by atoms with van der Waals surface area (Å²) < 4.78 is 2.14. The zero-order chi connectivity index (χ0) is 13.2. The summed E-state index contributed by atoms with van der Waals surface area (Å²) in [6, 6.07) is 3.92. The Kier molecular flexibility index (Phi) is 3.42. The van der Waals surface area contributed by atoms with Crippen molar-refractivity contribution in [1.82, 2.24) is 14.3 Å². The Morgan fingerprint density at radius 3 is 3.21 bits per heavy atom. The van der Waals surface area contributed by atoms with Gasteiger partial charge in [-0.3, -0.25) is 0 Å². The molecule has 1 atom stereocenters. The quantitative estimate of drug-likeness (QED) is 0.918. The minimum atomic E-state index is 0.723. The lowest BCUT2D eigenvalue weighted by molar-refractivity contribution is 0.180. The van der Waals surface area contributed by atoms with E-state index in [9.17, 15) is 0 Å². The Labute approximate surface area is 114 Å². The van der Waals surface area contributed by atoms with Crippen LogP contribution in [0, 0.1) is 5.92 Å². The number of nitrogens with zero attached hydrogens (tertiary/aromatic N) is 3. The molecule has 19 heavy (non-hydrogen) atoms. The zero-order valence-electron chi connectivity index (χ0n) is 11.5. The maximum Gasteiger partial charge on any atom is 0.113 e. The van der Waals surface area contributed by atoms with Crippen molar-refractivity contribution in [3.8, 4) is 0 Å². The lowest BCUT2D eigenvalue weighted by Crippen LogP contribution is -2.36. The van der Waals surface area contributed by atoms with Crippen molar-refractivity contribution in [3.05, 3.63) is 30.4 Å². The van der Waals surface area contributed by atoms with Crippen molar-refractivity contribution in [2.75, 3.05) is 25.4 Å². The second-order valence-corrected chi connectivity index (χ2v) is 5.50. The van der Waals surface area contributed by atoms with Crippen LogP contribution in [0.5, 0.6) is 0 Å².